The molecule has 1 aromatic carbocycles. The van der Waals surface area contributed by atoms with E-state index in [1.807, 2.05) is 4.90 Å². The average molecular weight is 274 g/mol. The predicted octanol–water partition coefficient (Wildman–Crippen LogP) is 1.21. The summed E-state index contributed by atoms with van der Waals surface area (Å²) < 4.78 is 11.1. The van der Waals surface area contributed by atoms with Crippen LogP contribution < -0.4 is 9.64 Å². The summed E-state index contributed by atoms with van der Waals surface area (Å²) in [4.78, 5) is 2.05. The molecule has 2 heterocycles. The molecule has 7 heteroatoms. The van der Waals surface area contributed by atoms with Crippen molar-refractivity contribution in [3.05, 3.63) is 30.5 Å². The van der Waals surface area contributed by atoms with Gasteiger partial charge in [0.05, 0.1) is 19.4 Å². The first-order chi connectivity index (χ1) is 9.83. The Morgan fingerprint density at radius 1 is 1.15 bits per heavy atom. The fourth-order valence-corrected chi connectivity index (χ4v) is 1.96. The minimum absolute atomic E-state index is 0.191. The van der Waals surface area contributed by atoms with Crippen molar-refractivity contribution in [1.29, 1.82) is 0 Å². The largest absolute Gasteiger partial charge is 0.508 e. The normalized spacial score (nSPS) is 15.1. The number of aromatic hydroxyl groups is 1. The number of ether oxygens (including phenoxy) is 2. The molecule has 1 fully saturated rings. The summed E-state index contributed by atoms with van der Waals surface area (Å²) in [5, 5.41) is 20.8. The molecule has 0 radical (unpaired) electrons. The lowest BCUT2D eigenvalue weighted by Gasteiger charge is -2.28. The van der Waals surface area contributed by atoms with E-state index in [1.165, 1.54) is 6.20 Å². The quantitative estimate of drug-likeness (QED) is 0.900. The summed E-state index contributed by atoms with van der Waals surface area (Å²) >= 11 is 0. The van der Waals surface area contributed by atoms with Crippen LogP contribution in [0.25, 0.3) is 0 Å². The molecule has 0 atom stereocenters. The monoisotopic (exact) mass is 274 g/mol. The van der Waals surface area contributed by atoms with E-state index < -0.39 is 0 Å². The Hall–Kier alpha value is -2.41. The first-order valence-corrected chi connectivity index (χ1v) is 6.31. The lowest BCUT2D eigenvalue weighted by Crippen LogP contribution is -2.37. The van der Waals surface area contributed by atoms with Gasteiger partial charge in [-0.25, -0.2) is 0 Å². The van der Waals surface area contributed by atoms with Gasteiger partial charge in [0.15, 0.2) is 11.6 Å². The molecule has 104 valence electrons. The maximum Gasteiger partial charge on any atom is 0.198 e. The van der Waals surface area contributed by atoms with Crippen LogP contribution in [0.3, 0.4) is 0 Å². The van der Waals surface area contributed by atoms with Gasteiger partial charge in [-0.3, -0.25) is 0 Å². The molecule has 0 spiro atoms. The highest BCUT2D eigenvalue weighted by Gasteiger charge is 2.18. The standard InChI is InChI=1S/C13H14N4O3/c18-10-1-3-11(4-2-10)20-12-9-14-16-15-13(12)17-5-7-19-8-6-17/h1-4,9,18H,5-8H2. The second-order valence-electron chi connectivity index (χ2n) is 4.32. The first kappa shape index (κ1) is 12.6. The van der Waals surface area contributed by atoms with Crippen molar-refractivity contribution in [3.8, 4) is 17.2 Å². The van der Waals surface area contributed by atoms with Crippen molar-refractivity contribution in [2.24, 2.45) is 0 Å². The molecule has 1 saturated heterocycles. The van der Waals surface area contributed by atoms with E-state index in [4.69, 9.17) is 9.47 Å². The number of morpholine rings is 1. The van der Waals surface area contributed by atoms with E-state index in [-0.39, 0.29) is 5.75 Å². The number of hydrogen-bond donors (Lipinski definition) is 1. The maximum atomic E-state index is 9.27. The van der Waals surface area contributed by atoms with Gasteiger partial charge in [-0.15, -0.1) is 10.2 Å². The molecule has 1 aromatic heterocycles. The Balaban J connectivity index is 1.83. The molecule has 1 aliphatic heterocycles. The van der Waals surface area contributed by atoms with Crippen LogP contribution in [0.5, 0.6) is 17.2 Å². The van der Waals surface area contributed by atoms with Crippen molar-refractivity contribution < 1.29 is 14.6 Å². The third-order valence-electron chi connectivity index (χ3n) is 2.96. The Morgan fingerprint density at radius 3 is 2.65 bits per heavy atom. The second-order valence-corrected chi connectivity index (χ2v) is 4.32. The number of hydrogen-bond acceptors (Lipinski definition) is 7. The van der Waals surface area contributed by atoms with E-state index in [9.17, 15) is 5.11 Å². The van der Waals surface area contributed by atoms with Crippen LogP contribution in [0.4, 0.5) is 5.82 Å². The lowest BCUT2D eigenvalue weighted by molar-refractivity contribution is 0.122. The van der Waals surface area contributed by atoms with Crippen LogP contribution in [0.1, 0.15) is 0 Å². The number of phenols is 1. The molecule has 0 amide bonds. The van der Waals surface area contributed by atoms with Gasteiger partial charge in [-0.1, -0.05) is 0 Å². The number of aromatic nitrogens is 3. The zero-order valence-corrected chi connectivity index (χ0v) is 10.8. The molecule has 1 N–H and O–H groups in total. The highest BCUT2D eigenvalue weighted by Crippen LogP contribution is 2.30. The van der Waals surface area contributed by atoms with Crippen molar-refractivity contribution in [2.45, 2.75) is 0 Å². The van der Waals surface area contributed by atoms with Gasteiger partial charge in [0.2, 0.25) is 0 Å². The SMILES string of the molecule is Oc1ccc(Oc2cnnnc2N2CCOCC2)cc1. The van der Waals surface area contributed by atoms with Crippen LogP contribution in [0.2, 0.25) is 0 Å². The highest BCUT2D eigenvalue weighted by atomic mass is 16.5. The van der Waals surface area contributed by atoms with Crippen molar-refractivity contribution in [2.75, 3.05) is 31.2 Å². The Morgan fingerprint density at radius 2 is 1.90 bits per heavy atom. The second kappa shape index (κ2) is 5.70. The van der Waals surface area contributed by atoms with Crippen LogP contribution in [-0.2, 0) is 4.74 Å². The molecule has 1 aliphatic rings. The van der Waals surface area contributed by atoms with Crippen LogP contribution in [0, 0.1) is 0 Å². The van der Waals surface area contributed by atoms with Crippen molar-refractivity contribution >= 4 is 5.82 Å². The molecule has 20 heavy (non-hydrogen) atoms. The van der Waals surface area contributed by atoms with Gasteiger partial charge < -0.3 is 19.5 Å². The number of phenolic OH excluding ortho intramolecular Hbond substituents is 1. The predicted molar refractivity (Wildman–Crippen MR) is 71.0 cm³/mol. The minimum atomic E-state index is 0.191. The molecule has 0 saturated carbocycles. The number of anilines is 1. The van der Waals surface area contributed by atoms with Gasteiger partial charge in [-0.2, -0.15) is 0 Å². The number of nitrogens with zero attached hydrogens (tertiary/aromatic N) is 4. The molecule has 0 bridgehead atoms. The van der Waals surface area contributed by atoms with Crippen LogP contribution in [-0.4, -0.2) is 46.8 Å². The fourth-order valence-electron chi connectivity index (χ4n) is 1.96. The van der Waals surface area contributed by atoms with Gasteiger partial charge in [-0.05, 0) is 29.5 Å². The highest BCUT2D eigenvalue weighted by molar-refractivity contribution is 5.52. The number of benzene rings is 1. The number of rotatable bonds is 3. The fraction of sp³-hybridized carbons (Fsp3) is 0.308. The zero-order chi connectivity index (χ0) is 13.8. The molecular weight excluding hydrogens is 260 g/mol. The van der Waals surface area contributed by atoms with E-state index >= 15 is 0 Å². The van der Waals surface area contributed by atoms with Crippen LogP contribution >= 0.6 is 0 Å². The van der Waals surface area contributed by atoms with Gasteiger partial charge in [0, 0.05) is 13.1 Å². The van der Waals surface area contributed by atoms with Crippen molar-refractivity contribution in [3.63, 3.8) is 0 Å². The maximum absolute atomic E-state index is 9.27. The third kappa shape index (κ3) is 2.77. The van der Waals surface area contributed by atoms with E-state index in [0.29, 0.717) is 30.5 Å². The minimum Gasteiger partial charge on any atom is -0.508 e. The Kier molecular flexibility index (Phi) is 3.60. The molecule has 3 rings (SSSR count). The molecular formula is C13H14N4O3. The van der Waals surface area contributed by atoms with E-state index in [1.54, 1.807) is 24.3 Å². The summed E-state index contributed by atoms with van der Waals surface area (Å²) in [5.74, 6) is 1.98. The smallest absolute Gasteiger partial charge is 0.198 e. The van der Waals surface area contributed by atoms with Gasteiger partial charge in [0.25, 0.3) is 0 Å². The van der Waals surface area contributed by atoms with Crippen molar-refractivity contribution in [1.82, 2.24) is 15.4 Å². The summed E-state index contributed by atoms with van der Waals surface area (Å²) in [6, 6.07) is 6.48. The summed E-state index contributed by atoms with van der Waals surface area (Å²) in [6.07, 6.45) is 1.53. The molecule has 2 aromatic rings. The lowest BCUT2D eigenvalue weighted by atomic mass is 10.3. The summed E-state index contributed by atoms with van der Waals surface area (Å²) in [5.41, 5.74) is 0. The Bertz CT molecular complexity index is 570. The van der Waals surface area contributed by atoms with Gasteiger partial charge >= 0.3 is 0 Å². The van der Waals surface area contributed by atoms with E-state index in [0.717, 1.165) is 13.1 Å². The van der Waals surface area contributed by atoms with E-state index in [2.05, 4.69) is 15.4 Å². The topological polar surface area (TPSA) is 80.6 Å². The zero-order valence-electron chi connectivity index (χ0n) is 10.8. The Labute approximate surface area is 115 Å². The molecule has 0 aliphatic carbocycles. The summed E-state index contributed by atoms with van der Waals surface area (Å²) in [6.45, 7) is 2.79. The average Bonchev–Trinajstić information content (AvgIpc) is 2.51. The third-order valence-corrected chi connectivity index (χ3v) is 2.96. The van der Waals surface area contributed by atoms with Crippen LogP contribution in [0.15, 0.2) is 30.5 Å². The van der Waals surface area contributed by atoms with Gasteiger partial charge in [0.1, 0.15) is 11.5 Å². The molecule has 0 unspecified atom stereocenters. The summed E-state index contributed by atoms with van der Waals surface area (Å²) in [7, 11) is 0. The first-order valence-electron chi connectivity index (χ1n) is 6.31. The molecule has 7 nitrogen and oxygen atoms in total.